The molecule has 0 fully saturated rings. The number of phenols is 1. The Bertz CT molecular complexity index is 730. The maximum Gasteiger partial charge on any atom is 0.258 e. The monoisotopic (exact) mass is 256 g/mol. The molecule has 0 spiro atoms. The number of rotatable bonds is 2. The van der Waals surface area contributed by atoms with E-state index in [2.05, 4.69) is 15.1 Å². The Morgan fingerprint density at radius 2 is 2.16 bits per heavy atom. The van der Waals surface area contributed by atoms with Crippen LogP contribution in [0.2, 0.25) is 0 Å². The molecule has 0 unspecified atom stereocenters. The van der Waals surface area contributed by atoms with E-state index in [0.717, 1.165) is 5.56 Å². The number of aryl methyl sites for hydroxylation is 2. The first kappa shape index (κ1) is 11.5. The van der Waals surface area contributed by atoms with Gasteiger partial charge >= 0.3 is 0 Å². The minimum Gasteiger partial charge on any atom is -0.508 e. The second-order valence-electron chi connectivity index (χ2n) is 4.29. The average Bonchev–Trinajstić information content (AvgIpc) is 3.01. The largest absolute Gasteiger partial charge is 0.508 e. The minimum atomic E-state index is 0.203. The smallest absolute Gasteiger partial charge is 0.258 e. The van der Waals surface area contributed by atoms with Gasteiger partial charge in [-0.25, -0.2) is 4.98 Å². The number of phenolic OH excluding ortho intramolecular Hbond substituents is 1. The topological polar surface area (TPSA) is 77.0 Å². The highest BCUT2D eigenvalue weighted by Gasteiger charge is 2.14. The van der Waals surface area contributed by atoms with Crippen LogP contribution in [0.5, 0.6) is 5.75 Å². The first-order valence-electron chi connectivity index (χ1n) is 5.76. The van der Waals surface area contributed by atoms with Gasteiger partial charge in [0.15, 0.2) is 5.82 Å². The lowest BCUT2D eigenvalue weighted by Gasteiger charge is -1.99. The van der Waals surface area contributed by atoms with Crippen molar-refractivity contribution < 1.29 is 9.63 Å². The molecule has 6 heteroatoms. The molecule has 0 aliphatic heterocycles. The molecular weight excluding hydrogens is 244 g/mol. The van der Waals surface area contributed by atoms with Gasteiger partial charge in [-0.1, -0.05) is 11.2 Å². The van der Waals surface area contributed by atoms with Gasteiger partial charge in [-0.2, -0.15) is 4.98 Å². The lowest BCUT2D eigenvalue weighted by atomic mass is 10.1. The van der Waals surface area contributed by atoms with Crippen LogP contribution in [0.15, 0.2) is 35.1 Å². The fourth-order valence-corrected chi connectivity index (χ4v) is 1.76. The van der Waals surface area contributed by atoms with Crippen LogP contribution in [0, 0.1) is 6.92 Å². The summed E-state index contributed by atoms with van der Waals surface area (Å²) in [6.07, 6.45) is 3.48. The SMILES string of the molecule is Cc1ccc(-c2nc(-c3nccn3C)no2)cc1O. The summed E-state index contributed by atoms with van der Waals surface area (Å²) in [5.41, 5.74) is 1.48. The van der Waals surface area contributed by atoms with E-state index >= 15 is 0 Å². The molecule has 0 atom stereocenters. The van der Waals surface area contributed by atoms with Crippen molar-refractivity contribution >= 4 is 0 Å². The molecule has 19 heavy (non-hydrogen) atoms. The number of aromatic hydroxyl groups is 1. The molecule has 2 heterocycles. The Morgan fingerprint density at radius 3 is 2.84 bits per heavy atom. The van der Waals surface area contributed by atoms with Gasteiger partial charge in [-0.05, 0) is 24.6 Å². The van der Waals surface area contributed by atoms with Crippen molar-refractivity contribution in [3.8, 4) is 28.9 Å². The Morgan fingerprint density at radius 1 is 1.32 bits per heavy atom. The van der Waals surface area contributed by atoms with Gasteiger partial charge in [0.05, 0.1) is 0 Å². The summed E-state index contributed by atoms with van der Waals surface area (Å²) in [7, 11) is 1.86. The molecule has 0 amide bonds. The Hall–Kier alpha value is -2.63. The normalized spacial score (nSPS) is 10.8. The maximum atomic E-state index is 9.69. The van der Waals surface area contributed by atoms with Crippen molar-refractivity contribution in [1.82, 2.24) is 19.7 Å². The second-order valence-corrected chi connectivity index (χ2v) is 4.29. The lowest BCUT2D eigenvalue weighted by Crippen LogP contribution is -1.92. The van der Waals surface area contributed by atoms with Crippen LogP contribution < -0.4 is 0 Å². The molecule has 0 aliphatic rings. The van der Waals surface area contributed by atoms with E-state index < -0.39 is 0 Å². The van der Waals surface area contributed by atoms with Gasteiger partial charge in [0.25, 0.3) is 5.89 Å². The molecule has 0 saturated carbocycles. The van der Waals surface area contributed by atoms with Crippen molar-refractivity contribution in [3.63, 3.8) is 0 Å². The van der Waals surface area contributed by atoms with Crippen LogP contribution >= 0.6 is 0 Å². The van der Waals surface area contributed by atoms with E-state index in [1.54, 1.807) is 22.9 Å². The summed E-state index contributed by atoms with van der Waals surface area (Å²) in [6, 6.07) is 5.23. The number of hydrogen-bond donors (Lipinski definition) is 1. The zero-order valence-corrected chi connectivity index (χ0v) is 10.5. The molecule has 0 saturated heterocycles. The van der Waals surface area contributed by atoms with Crippen LogP contribution in [0.1, 0.15) is 5.56 Å². The molecule has 3 rings (SSSR count). The summed E-state index contributed by atoms with van der Waals surface area (Å²) < 4.78 is 7.01. The Balaban J connectivity index is 2.01. The van der Waals surface area contributed by atoms with Crippen LogP contribution in [-0.2, 0) is 7.05 Å². The highest BCUT2D eigenvalue weighted by atomic mass is 16.5. The third-order valence-corrected chi connectivity index (χ3v) is 2.90. The molecule has 96 valence electrons. The molecular formula is C13H12N4O2. The van der Waals surface area contributed by atoms with E-state index in [1.807, 2.05) is 26.2 Å². The molecule has 1 aromatic carbocycles. The van der Waals surface area contributed by atoms with E-state index in [-0.39, 0.29) is 5.75 Å². The van der Waals surface area contributed by atoms with Crippen LogP contribution in [-0.4, -0.2) is 24.8 Å². The standard InChI is InChI=1S/C13H12N4O2/c1-8-3-4-9(7-10(8)18)13-15-11(16-19-13)12-14-5-6-17(12)2/h3-7,18H,1-2H3. The molecule has 3 aromatic rings. The summed E-state index contributed by atoms with van der Waals surface area (Å²) in [5, 5.41) is 13.6. The predicted octanol–water partition coefficient (Wildman–Crippen LogP) is 2.15. The van der Waals surface area contributed by atoms with Crippen molar-refractivity contribution in [3.05, 3.63) is 36.2 Å². The molecule has 6 nitrogen and oxygen atoms in total. The van der Waals surface area contributed by atoms with Crippen LogP contribution in [0.25, 0.3) is 23.1 Å². The van der Waals surface area contributed by atoms with Gasteiger partial charge < -0.3 is 14.2 Å². The first-order chi connectivity index (χ1) is 9.15. The summed E-state index contributed by atoms with van der Waals surface area (Å²) in [6.45, 7) is 1.83. The fourth-order valence-electron chi connectivity index (χ4n) is 1.76. The van der Waals surface area contributed by atoms with Gasteiger partial charge in [-0.15, -0.1) is 0 Å². The van der Waals surface area contributed by atoms with Gasteiger partial charge in [0.1, 0.15) is 5.75 Å². The molecule has 0 aliphatic carbocycles. The number of imidazole rings is 1. The zero-order chi connectivity index (χ0) is 13.4. The van der Waals surface area contributed by atoms with E-state index in [9.17, 15) is 5.11 Å². The molecule has 0 bridgehead atoms. The van der Waals surface area contributed by atoms with Crippen LogP contribution in [0.3, 0.4) is 0 Å². The van der Waals surface area contributed by atoms with Crippen molar-refractivity contribution in [2.45, 2.75) is 6.92 Å². The summed E-state index contributed by atoms with van der Waals surface area (Å²) in [4.78, 5) is 8.44. The van der Waals surface area contributed by atoms with E-state index in [0.29, 0.717) is 23.1 Å². The molecule has 0 radical (unpaired) electrons. The Kier molecular flexibility index (Phi) is 2.56. The van der Waals surface area contributed by atoms with Crippen LogP contribution in [0.4, 0.5) is 0 Å². The third kappa shape index (κ3) is 1.97. The number of aromatic nitrogens is 4. The quantitative estimate of drug-likeness (QED) is 0.760. The van der Waals surface area contributed by atoms with Gasteiger partial charge in [-0.3, -0.25) is 0 Å². The molecule has 2 aromatic heterocycles. The number of benzene rings is 1. The summed E-state index contributed by atoms with van der Waals surface area (Å²) >= 11 is 0. The van der Waals surface area contributed by atoms with Gasteiger partial charge in [0, 0.05) is 25.0 Å². The van der Waals surface area contributed by atoms with E-state index in [1.165, 1.54) is 0 Å². The zero-order valence-electron chi connectivity index (χ0n) is 10.5. The fraction of sp³-hybridized carbons (Fsp3) is 0.154. The van der Waals surface area contributed by atoms with Crippen molar-refractivity contribution in [2.24, 2.45) is 7.05 Å². The number of hydrogen-bond acceptors (Lipinski definition) is 5. The first-order valence-corrected chi connectivity index (χ1v) is 5.76. The highest BCUT2D eigenvalue weighted by molar-refractivity contribution is 5.59. The third-order valence-electron chi connectivity index (χ3n) is 2.90. The number of nitrogens with zero attached hydrogens (tertiary/aromatic N) is 4. The van der Waals surface area contributed by atoms with E-state index in [4.69, 9.17) is 4.52 Å². The molecule has 1 N–H and O–H groups in total. The van der Waals surface area contributed by atoms with Crippen molar-refractivity contribution in [1.29, 1.82) is 0 Å². The minimum absolute atomic E-state index is 0.203. The lowest BCUT2D eigenvalue weighted by molar-refractivity contribution is 0.430. The highest BCUT2D eigenvalue weighted by Crippen LogP contribution is 2.26. The predicted molar refractivity (Wildman–Crippen MR) is 68.3 cm³/mol. The Labute approximate surface area is 109 Å². The average molecular weight is 256 g/mol. The second kappa shape index (κ2) is 4.24. The van der Waals surface area contributed by atoms with Gasteiger partial charge in [0.2, 0.25) is 5.82 Å². The summed E-state index contributed by atoms with van der Waals surface area (Å²) in [5.74, 6) is 1.61. The van der Waals surface area contributed by atoms with Crippen molar-refractivity contribution in [2.75, 3.05) is 0 Å². The maximum absolute atomic E-state index is 9.69.